The van der Waals surface area contributed by atoms with Gasteiger partial charge in [-0.05, 0) is 32.0 Å². The Morgan fingerprint density at radius 3 is 2.67 bits per heavy atom. The molecule has 3 N–H and O–H groups in total. The van der Waals surface area contributed by atoms with Gasteiger partial charge in [0.1, 0.15) is 6.04 Å². The quantitative estimate of drug-likeness (QED) is 0.775. The van der Waals surface area contributed by atoms with Crippen molar-refractivity contribution in [1.29, 1.82) is 0 Å². The molecule has 3 amide bonds. The molecule has 1 heterocycles. The van der Waals surface area contributed by atoms with Crippen molar-refractivity contribution in [2.45, 2.75) is 25.4 Å². The van der Waals surface area contributed by atoms with Crippen molar-refractivity contribution in [3.8, 4) is 0 Å². The van der Waals surface area contributed by atoms with Gasteiger partial charge in [0.15, 0.2) is 0 Å². The third kappa shape index (κ3) is 4.19. The summed E-state index contributed by atoms with van der Waals surface area (Å²) in [5.74, 6) is -0.0769. The van der Waals surface area contributed by atoms with Crippen LogP contribution in [0.15, 0.2) is 30.3 Å². The van der Waals surface area contributed by atoms with Gasteiger partial charge in [0, 0.05) is 25.3 Å². The fourth-order valence-corrected chi connectivity index (χ4v) is 2.40. The van der Waals surface area contributed by atoms with Crippen LogP contribution in [-0.2, 0) is 4.79 Å². The first-order chi connectivity index (χ1) is 10.1. The molecule has 0 aromatic heterocycles. The zero-order chi connectivity index (χ0) is 15.2. The van der Waals surface area contributed by atoms with Crippen molar-refractivity contribution in [2.24, 2.45) is 0 Å². The molecule has 1 aliphatic rings. The Hall–Kier alpha value is -2.08. The Bertz CT molecular complexity index is 486. The molecule has 0 saturated carbocycles. The predicted octanol–water partition coefficient (Wildman–Crippen LogP) is 1.02. The molecule has 1 aromatic carbocycles. The molecule has 1 aliphatic heterocycles. The number of para-hydroxylation sites is 1. The molecular formula is C15H22N4O2. The van der Waals surface area contributed by atoms with Gasteiger partial charge in [-0.1, -0.05) is 18.2 Å². The summed E-state index contributed by atoms with van der Waals surface area (Å²) in [6.07, 6.45) is 0.950. The predicted molar refractivity (Wildman–Crippen MR) is 82.1 cm³/mol. The molecule has 0 aliphatic carbocycles. The monoisotopic (exact) mass is 290 g/mol. The second kappa shape index (κ2) is 7.08. The Kier molecular flexibility index (Phi) is 5.16. The fraction of sp³-hybridized carbons (Fsp3) is 0.467. The number of carbonyl (C=O) groups excluding carboxylic acids is 2. The maximum Gasteiger partial charge on any atom is 0.319 e. The van der Waals surface area contributed by atoms with Gasteiger partial charge < -0.3 is 20.9 Å². The summed E-state index contributed by atoms with van der Waals surface area (Å²) in [7, 11) is 1.79. The number of nitrogens with one attached hydrogen (secondary N) is 3. The van der Waals surface area contributed by atoms with Crippen molar-refractivity contribution in [2.75, 3.05) is 25.5 Å². The zero-order valence-corrected chi connectivity index (χ0v) is 12.4. The van der Waals surface area contributed by atoms with Gasteiger partial charge in [-0.3, -0.25) is 4.79 Å². The summed E-state index contributed by atoms with van der Waals surface area (Å²) in [5.41, 5.74) is 0.697. The van der Waals surface area contributed by atoms with Crippen molar-refractivity contribution in [3.63, 3.8) is 0 Å². The minimum Gasteiger partial charge on any atom is -0.340 e. The molecule has 0 bridgehead atoms. The van der Waals surface area contributed by atoms with E-state index in [9.17, 15) is 9.59 Å². The Labute approximate surface area is 124 Å². The molecule has 114 valence electrons. The number of anilines is 1. The first kappa shape index (κ1) is 15.3. The van der Waals surface area contributed by atoms with Crippen molar-refractivity contribution >= 4 is 17.6 Å². The summed E-state index contributed by atoms with van der Waals surface area (Å²) in [6.45, 7) is 3.44. The van der Waals surface area contributed by atoms with E-state index in [1.807, 2.05) is 18.2 Å². The number of likely N-dealkylation sites (N-methyl/N-ethyl adjacent to an activating group) is 1. The highest BCUT2D eigenvalue weighted by atomic mass is 16.2. The number of carbonyl (C=O) groups is 2. The SMILES string of the molecule is CC(NC(=O)Nc1ccccc1)C(=O)N(C)C1CCNC1. The van der Waals surface area contributed by atoms with Gasteiger partial charge in [-0.2, -0.15) is 0 Å². The third-order valence-corrected chi connectivity index (χ3v) is 3.68. The van der Waals surface area contributed by atoms with E-state index in [0.717, 1.165) is 19.5 Å². The van der Waals surface area contributed by atoms with E-state index in [2.05, 4.69) is 16.0 Å². The average Bonchev–Trinajstić information content (AvgIpc) is 3.00. The second-order valence-corrected chi connectivity index (χ2v) is 5.28. The minimum atomic E-state index is -0.556. The molecule has 2 atom stereocenters. The molecule has 21 heavy (non-hydrogen) atoms. The number of amides is 3. The lowest BCUT2D eigenvalue weighted by Gasteiger charge is -2.27. The molecular weight excluding hydrogens is 268 g/mol. The number of hydrogen-bond acceptors (Lipinski definition) is 3. The smallest absolute Gasteiger partial charge is 0.319 e. The molecule has 1 aromatic rings. The summed E-state index contributed by atoms with van der Waals surface area (Å²) < 4.78 is 0. The van der Waals surface area contributed by atoms with E-state index < -0.39 is 6.04 Å². The Morgan fingerprint density at radius 1 is 1.33 bits per heavy atom. The number of nitrogens with zero attached hydrogens (tertiary/aromatic N) is 1. The number of urea groups is 1. The van der Waals surface area contributed by atoms with Crippen LogP contribution in [0.1, 0.15) is 13.3 Å². The maximum atomic E-state index is 12.3. The van der Waals surface area contributed by atoms with Gasteiger partial charge in [0.25, 0.3) is 0 Å². The number of benzene rings is 1. The third-order valence-electron chi connectivity index (χ3n) is 3.68. The van der Waals surface area contributed by atoms with Gasteiger partial charge >= 0.3 is 6.03 Å². The van der Waals surface area contributed by atoms with E-state index in [1.165, 1.54) is 0 Å². The highest BCUT2D eigenvalue weighted by molar-refractivity contribution is 5.93. The van der Waals surface area contributed by atoms with Crippen molar-refractivity contribution in [3.05, 3.63) is 30.3 Å². The van der Waals surface area contributed by atoms with Gasteiger partial charge in [0.2, 0.25) is 5.91 Å². The molecule has 0 radical (unpaired) electrons. The molecule has 6 heteroatoms. The lowest BCUT2D eigenvalue weighted by molar-refractivity contribution is -0.133. The molecule has 1 saturated heterocycles. The fourth-order valence-electron chi connectivity index (χ4n) is 2.40. The lowest BCUT2D eigenvalue weighted by Crippen LogP contribution is -2.50. The topological polar surface area (TPSA) is 73.5 Å². The van der Waals surface area contributed by atoms with Gasteiger partial charge in [-0.15, -0.1) is 0 Å². The largest absolute Gasteiger partial charge is 0.340 e. The van der Waals surface area contributed by atoms with Crippen molar-refractivity contribution < 1.29 is 9.59 Å². The Morgan fingerprint density at radius 2 is 2.05 bits per heavy atom. The molecule has 0 spiro atoms. The second-order valence-electron chi connectivity index (χ2n) is 5.28. The number of rotatable bonds is 4. The normalized spacial score (nSPS) is 18.9. The van der Waals surface area contributed by atoms with E-state index >= 15 is 0 Å². The highest BCUT2D eigenvalue weighted by Gasteiger charge is 2.27. The summed E-state index contributed by atoms with van der Waals surface area (Å²) in [4.78, 5) is 25.9. The van der Waals surface area contributed by atoms with E-state index in [4.69, 9.17) is 0 Å². The van der Waals surface area contributed by atoms with Crippen LogP contribution in [0.3, 0.4) is 0 Å². The van der Waals surface area contributed by atoms with Crippen LogP contribution < -0.4 is 16.0 Å². The first-order valence-electron chi connectivity index (χ1n) is 7.18. The maximum absolute atomic E-state index is 12.3. The molecule has 6 nitrogen and oxygen atoms in total. The Balaban J connectivity index is 1.83. The van der Waals surface area contributed by atoms with Gasteiger partial charge in [-0.25, -0.2) is 4.79 Å². The van der Waals surface area contributed by atoms with Crippen LogP contribution >= 0.6 is 0 Å². The van der Waals surface area contributed by atoms with E-state index in [1.54, 1.807) is 31.0 Å². The van der Waals surface area contributed by atoms with Crippen LogP contribution in [0.5, 0.6) is 0 Å². The zero-order valence-electron chi connectivity index (χ0n) is 12.4. The van der Waals surface area contributed by atoms with Crippen LogP contribution in [0.2, 0.25) is 0 Å². The van der Waals surface area contributed by atoms with Crippen LogP contribution in [0.4, 0.5) is 10.5 Å². The molecule has 2 unspecified atom stereocenters. The minimum absolute atomic E-state index is 0.0769. The highest BCUT2D eigenvalue weighted by Crippen LogP contribution is 2.08. The summed E-state index contributed by atoms with van der Waals surface area (Å²) in [6, 6.07) is 8.42. The lowest BCUT2D eigenvalue weighted by atomic mass is 10.2. The van der Waals surface area contributed by atoms with Gasteiger partial charge in [0.05, 0.1) is 0 Å². The number of hydrogen-bond donors (Lipinski definition) is 3. The average molecular weight is 290 g/mol. The van der Waals surface area contributed by atoms with Crippen LogP contribution in [0.25, 0.3) is 0 Å². The summed E-state index contributed by atoms with van der Waals surface area (Å²) >= 11 is 0. The van der Waals surface area contributed by atoms with Crippen LogP contribution in [0, 0.1) is 0 Å². The van der Waals surface area contributed by atoms with E-state index in [-0.39, 0.29) is 18.0 Å². The van der Waals surface area contributed by atoms with E-state index in [0.29, 0.717) is 5.69 Å². The van der Waals surface area contributed by atoms with Crippen LogP contribution in [-0.4, -0.2) is 49.1 Å². The standard InChI is InChI=1S/C15H22N4O2/c1-11(14(20)19(2)13-8-9-16-10-13)17-15(21)18-12-6-4-3-5-7-12/h3-7,11,13,16H,8-10H2,1-2H3,(H2,17,18,21). The first-order valence-corrected chi connectivity index (χ1v) is 7.18. The molecule has 1 fully saturated rings. The molecule has 2 rings (SSSR count). The van der Waals surface area contributed by atoms with Crippen molar-refractivity contribution in [1.82, 2.24) is 15.5 Å². The summed E-state index contributed by atoms with van der Waals surface area (Å²) in [5, 5.41) is 8.60.